The Morgan fingerprint density at radius 1 is 1.09 bits per heavy atom. The Kier molecular flexibility index (Phi) is 7.21. The minimum atomic E-state index is -0.773. The third-order valence-corrected chi connectivity index (χ3v) is 3.19. The van der Waals surface area contributed by atoms with Crippen molar-refractivity contribution in [1.29, 1.82) is 0 Å². The van der Waals surface area contributed by atoms with Gasteiger partial charge in [0.15, 0.2) is 13.1 Å². The quantitative estimate of drug-likeness (QED) is 0.689. The van der Waals surface area contributed by atoms with Crippen molar-refractivity contribution in [2.75, 3.05) is 32.1 Å². The first-order valence-corrected chi connectivity index (χ1v) is 7.47. The lowest BCUT2D eigenvalue weighted by molar-refractivity contribution is -0.862. The molecule has 126 valence electrons. The van der Waals surface area contributed by atoms with Crippen molar-refractivity contribution in [3.8, 4) is 0 Å². The zero-order chi connectivity index (χ0) is 17.4. The molecule has 3 amide bonds. The molecule has 1 atom stereocenters. The number of anilines is 1. The van der Waals surface area contributed by atoms with Crippen LogP contribution in [0, 0.1) is 13.8 Å². The second-order valence-electron chi connectivity index (χ2n) is 5.39. The van der Waals surface area contributed by atoms with Crippen molar-refractivity contribution >= 4 is 23.6 Å². The average Bonchev–Trinajstić information content (AvgIpc) is 2.42. The molecular weight excluding hydrogens is 298 g/mol. The van der Waals surface area contributed by atoms with Gasteiger partial charge in [0.1, 0.15) is 0 Å². The van der Waals surface area contributed by atoms with Crippen LogP contribution < -0.4 is 15.5 Å². The van der Waals surface area contributed by atoms with E-state index in [0.29, 0.717) is 4.90 Å². The molecular formula is C16H24N3O4+. The highest BCUT2D eigenvalue weighted by Gasteiger charge is 2.17. The fourth-order valence-electron chi connectivity index (χ4n) is 2.13. The van der Waals surface area contributed by atoms with Crippen LogP contribution >= 0.6 is 0 Å². The van der Waals surface area contributed by atoms with E-state index in [1.165, 1.54) is 0 Å². The van der Waals surface area contributed by atoms with Crippen molar-refractivity contribution < 1.29 is 24.0 Å². The Morgan fingerprint density at radius 2 is 1.65 bits per heavy atom. The van der Waals surface area contributed by atoms with Crippen molar-refractivity contribution in [2.45, 2.75) is 20.8 Å². The van der Waals surface area contributed by atoms with Crippen LogP contribution in [-0.2, 0) is 14.3 Å². The number of nitrogens with one attached hydrogen (secondary N) is 3. The predicted molar refractivity (Wildman–Crippen MR) is 86.3 cm³/mol. The summed E-state index contributed by atoms with van der Waals surface area (Å²) in [6, 6.07) is 5.77. The monoisotopic (exact) mass is 322 g/mol. The summed E-state index contributed by atoms with van der Waals surface area (Å²) in [7, 11) is 1.70. The summed E-state index contributed by atoms with van der Waals surface area (Å²) in [5.41, 5.74) is 2.76. The lowest BCUT2D eigenvalue weighted by atomic mass is 10.1. The van der Waals surface area contributed by atoms with Gasteiger partial charge in [0, 0.05) is 5.69 Å². The van der Waals surface area contributed by atoms with Gasteiger partial charge in [0.25, 0.3) is 11.8 Å². The predicted octanol–water partition coefficient (Wildman–Crippen LogP) is 0.0293. The summed E-state index contributed by atoms with van der Waals surface area (Å²) in [5.74, 6) is -0.676. The second kappa shape index (κ2) is 8.89. The van der Waals surface area contributed by atoms with E-state index in [0.717, 1.165) is 16.8 Å². The molecule has 0 heterocycles. The third kappa shape index (κ3) is 6.48. The lowest BCUT2D eigenvalue weighted by Gasteiger charge is -2.15. The highest BCUT2D eigenvalue weighted by molar-refractivity contribution is 5.94. The highest BCUT2D eigenvalue weighted by atomic mass is 16.5. The summed E-state index contributed by atoms with van der Waals surface area (Å²) in [6.07, 6.45) is -0.773. The summed E-state index contributed by atoms with van der Waals surface area (Å²) < 4.78 is 4.62. The first-order valence-electron chi connectivity index (χ1n) is 7.47. The van der Waals surface area contributed by atoms with Crippen LogP contribution in [0.25, 0.3) is 0 Å². The summed E-state index contributed by atoms with van der Waals surface area (Å²) in [4.78, 5) is 35.5. The van der Waals surface area contributed by atoms with Gasteiger partial charge in [-0.25, -0.2) is 4.79 Å². The maximum Gasteiger partial charge on any atom is 0.414 e. The molecule has 0 aliphatic heterocycles. The Balaban J connectivity index is 2.48. The van der Waals surface area contributed by atoms with Crippen LogP contribution in [0.1, 0.15) is 18.1 Å². The van der Waals surface area contributed by atoms with Crippen molar-refractivity contribution in [3.05, 3.63) is 29.3 Å². The van der Waals surface area contributed by atoms with Crippen LogP contribution in [0.15, 0.2) is 18.2 Å². The maximum atomic E-state index is 12.1. The molecule has 0 bridgehead atoms. The smallest absolute Gasteiger partial charge is 0.414 e. The van der Waals surface area contributed by atoms with Gasteiger partial charge in [-0.05, 0) is 31.9 Å². The average molecular weight is 322 g/mol. The fraction of sp³-hybridized carbons (Fsp3) is 0.438. The third-order valence-electron chi connectivity index (χ3n) is 3.19. The van der Waals surface area contributed by atoms with Crippen LogP contribution in [-0.4, -0.2) is 44.7 Å². The van der Waals surface area contributed by atoms with Gasteiger partial charge in [0.2, 0.25) is 0 Å². The van der Waals surface area contributed by atoms with E-state index in [-0.39, 0.29) is 25.6 Å². The largest absolute Gasteiger partial charge is 0.450 e. The number of para-hydroxylation sites is 1. The van der Waals surface area contributed by atoms with Crippen molar-refractivity contribution in [3.63, 3.8) is 0 Å². The number of rotatable bonds is 6. The number of carbonyl (C=O) groups is 3. The number of hydrogen-bond acceptors (Lipinski definition) is 4. The molecule has 1 unspecified atom stereocenters. The molecule has 0 aliphatic carbocycles. The number of alkyl carbamates (subject to hydrolysis) is 1. The van der Waals surface area contributed by atoms with E-state index < -0.39 is 12.0 Å². The van der Waals surface area contributed by atoms with Gasteiger partial charge in [0.05, 0.1) is 13.7 Å². The van der Waals surface area contributed by atoms with Crippen molar-refractivity contribution in [2.24, 2.45) is 0 Å². The molecule has 0 fully saturated rings. The number of amides is 3. The molecule has 3 N–H and O–H groups in total. The standard InChI is InChI=1S/C16H23N3O4/c1-5-23-16(22)18-14(21)10-19(4)9-13(20)17-15-11(2)7-6-8-12(15)3/h6-8H,5,9-10H2,1-4H3,(H,17,20)(H,18,21,22)/p+1. The minimum Gasteiger partial charge on any atom is -0.450 e. The number of carbonyl (C=O) groups excluding carboxylic acids is 3. The number of ether oxygens (including phenoxy) is 1. The van der Waals surface area contributed by atoms with E-state index in [4.69, 9.17) is 0 Å². The maximum absolute atomic E-state index is 12.1. The highest BCUT2D eigenvalue weighted by Crippen LogP contribution is 2.18. The molecule has 0 radical (unpaired) electrons. The molecule has 0 aromatic heterocycles. The van der Waals surface area contributed by atoms with E-state index in [9.17, 15) is 14.4 Å². The second-order valence-corrected chi connectivity index (χ2v) is 5.39. The summed E-state index contributed by atoms with van der Waals surface area (Å²) in [5, 5.41) is 4.96. The molecule has 0 saturated carbocycles. The van der Waals surface area contributed by atoms with E-state index >= 15 is 0 Å². The van der Waals surface area contributed by atoms with Crippen LogP contribution in [0.2, 0.25) is 0 Å². The van der Waals surface area contributed by atoms with E-state index in [1.807, 2.05) is 32.0 Å². The van der Waals surface area contributed by atoms with Gasteiger partial charge in [-0.15, -0.1) is 0 Å². The number of hydrogen-bond donors (Lipinski definition) is 3. The van der Waals surface area contributed by atoms with Crippen molar-refractivity contribution in [1.82, 2.24) is 5.32 Å². The van der Waals surface area contributed by atoms with Crippen LogP contribution in [0.5, 0.6) is 0 Å². The summed E-state index contributed by atoms with van der Waals surface area (Å²) >= 11 is 0. The Hall–Kier alpha value is -2.41. The topological polar surface area (TPSA) is 88.9 Å². The Labute approximate surface area is 136 Å². The number of aryl methyl sites for hydroxylation is 2. The number of quaternary nitrogens is 1. The fourth-order valence-corrected chi connectivity index (χ4v) is 2.13. The molecule has 1 aromatic rings. The first-order chi connectivity index (χ1) is 10.8. The first kappa shape index (κ1) is 18.6. The SMILES string of the molecule is CCOC(=O)NC(=O)C[NH+](C)CC(=O)Nc1c(C)cccc1C. The number of likely N-dealkylation sites (N-methyl/N-ethyl adjacent to an activating group) is 1. The molecule has 1 rings (SSSR count). The van der Waals surface area contributed by atoms with E-state index in [1.54, 1.807) is 14.0 Å². The molecule has 0 saturated heterocycles. The van der Waals surface area contributed by atoms with Gasteiger partial charge in [-0.2, -0.15) is 0 Å². The normalized spacial score (nSPS) is 11.5. The van der Waals surface area contributed by atoms with Gasteiger partial charge in [-0.1, -0.05) is 18.2 Å². The molecule has 0 spiro atoms. The minimum absolute atomic E-state index is 0.00100. The number of imide groups is 1. The zero-order valence-electron chi connectivity index (χ0n) is 14.0. The van der Waals surface area contributed by atoms with Gasteiger partial charge < -0.3 is 15.0 Å². The number of benzene rings is 1. The lowest BCUT2D eigenvalue weighted by Crippen LogP contribution is -3.11. The van der Waals surface area contributed by atoms with Gasteiger partial charge in [-0.3, -0.25) is 14.9 Å². The zero-order valence-corrected chi connectivity index (χ0v) is 14.0. The Morgan fingerprint density at radius 3 is 2.22 bits per heavy atom. The van der Waals surface area contributed by atoms with Gasteiger partial charge >= 0.3 is 6.09 Å². The Bertz CT molecular complexity index is 566. The molecule has 0 aliphatic rings. The molecule has 23 heavy (non-hydrogen) atoms. The van der Waals surface area contributed by atoms with Crippen LogP contribution in [0.3, 0.4) is 0 Å². The van der Waals surface area contributed by atoms with E-state index in [2.05, 4.69) is 15.4 Å². The van der Waals surface area contributed by atoms with Crippen LogP contribution in [0.4, 0.5) is 10.5 Å². The molecule has 1 aromatic carbocycles. The molecule has 7 heteroatoms. The summed E-state index contributed by atoms with van der Waals surface area (Å²) in [6.45, 7) is 5.81. The molecule has 7 nitrogen and oxygen atoms in total.